The van der Waals surface area contributed by atoms with Crippen LogP contribution in [0.15, 0.2) is 29.2 Å². The average Bonchev–Trinajstić information content (AvgIpc) is 2.43. The van der Waals surface area contributed by atoms with E-state index in [1.807, 2.05) is 6.92 Å². The van der Waals surface area contributed by atoms with Crippen LogP contribution < -0.4 is 4.72 Å². The Kier molecular flexibility index (Phi) is 7.19. The number of hydrogen-bond acceptors (Lipinski definition) is 3. The first kappa shape index (κ1) is 17.1. The van der Waals surface area contributed by atoms with E-state index in [0.717, 1.165) is 19.3 Å². The molecular weight excluding hydrogens is 274 g/mol. The molecule has 0 saturated carbocycles. The Bertz CT molecular complexity index is 500. The van der Waals surface area contributed by atoms with E-state index in [2.05, 4.69) is 11.6 Å². The Morgan fingerprint density at radius 2 is 2.00 bits per heavy atom. The van der Waals surface area contributed by atoms with Gasteiger partial charge in [0, 0.05) is 6.04 Å². The lowest BCUT2D eigenvalue weighted by molar-refractivity contribution is 0.281. The van der Waals surface area contributed by atoms with Gasteiger partial charge in [-0.25, -0.2) is 13.1 Å². The number of aliphatic hydroxyl groups is 1. The minimum absolute atomic E-state index is 0.0744. The van der Waals surface area contributed by atoms with E-state index in [4.69, 9.17) is 5.11 Å². The maximum absolute atomic E-state index is 12.2. The molecule has 1 aromatic rings. The van der Waals surface area contributed by atoms with Crippen LogP contribution in [0, 0.1) is 0 Å². The van der Waals surface area contributed by atoms with Crippen molar-refractivity contribution >= 4 is 10.0 Å². The van der Waals surface area contributed by atoms with Gasteiger partial charge in [-0.05, 0) is 31.0 Å². The predicted molar refractivity (Wildman–Crippen MR) is 80.9 cm³/mol. The standard InChI is InChI=1S/C15H25NO3S/c1-3-4-5-6-8-13(2)16-20(18,19)15-10-7-9-14(11-15)12-17/h7,9-11,13,16-17H,3-6,8,12H2,1-2H3. The van der Waals surface area contributed by atoms with Gasteiger partial charge in [0.05, 0.1) is 11.5 Å². The fraction of sp³-hybridized carbons (Fsp3) is 0.600. The van der Waals surface area contributed by atoms with Crippen molar-refractivity contribution in [3.63, 3.8) is 0 Å². The van der Waals surface area contributed by atoms with Crippen LogP contribution in [0.25, 0.3) is 0 Å². The third-order valence-corrected chi connectivity index (χ3v) is 4.83. The zero-order valence-corrected chi connectivity index (χ0v) is 13.1. The lowest BCUT2D eigenvalue weighted by atomic mass is 10.1. The third kappa shape index (κ3) is 5.61. The van der Waals surface area contributed by atoms with E-state index < -0.39 is 10.0 Å². The fourth-order valence-corrected chi connectivity index (χ4v) is 3.43. The molecule has 0 aromatic heterocycles. The molecule has 0 aliphatic carbocycles. The first-order chi connectivity index (χ1) is 9.49. The van der Waals surface area contributed by atoms with E-state index in [9.17, 15) is 8.42 Å². The molecular formula is C15H25NO3S. The van der Waals surface area contributed by atoms with Gasteiger partial charge in [-0.1, -0.05) is 44.7 Å². The van der Waals surface area contributed by atoms with Crippen LogP contribution in [0.2, 0.25) is 0 Å². The molecule has 0 saturated heterocycles. The number of nitrogens with one attached hydrogen (secondary N) is 1. The van der Waals surface area contributed by atoms with Gasteiger partial charge in [0.25, 0.3) is 0 Å². The molecule has 20 heavy (non-hydrogen) atoms. The van der Waals surface area contributed by atoms with Gasteiger partial charge in [-0.3, -0.25) is 0 Å². The second kappa shape index (κ2) is 8.39. The summed E-state index contributed by atoms with van der Waals surface area (Å²) in [5, 5.41) is 9.06. The number of unbranched alkanes of at least 4 members (excludes halogenated alkanes) is 3. The zero-order valence-electron chi connectivity index (χ0n) is 12.3. The van der Waals surface area contributed by atoms with E-state index in [0.29, 0.717) is 5.56 Å². The molecule has 1 unspecified atom stereocenters. The molecule has 0 spiro atoms. The number of aliphatic hydroxyl groups excluding tert-OH is 1. The molecule has 1 atom stereocenters. The van der Waals surface area contributed by atoms with Crippen LogP contribution in [0.1, 0.15) is 51.5 Å². The van der Waals surface area contributed by atoms with E-state index >= 15 is 0 Å². The van der Waals surface area contributed by atoms with Crippen LogP contribution in [-0.4, -0.2) is 19.6 Å². The monoisotopic (exact) mass is 299 g/mol. The highest BCUT2D eigenvalue weighted by Gasteiger charge is 2.17. The van der Waals surface area contributed by atoms with Crippen LogP contribution in [0.4, 0.5) is 0 Å². The number of benzene rings is 1. The Balaban J connectivity index is 2.59. The minimum atomic E-state index is -3.50. The van der Waals surface area contributed by atoms with E-state index in [1.165, 1.54) is 18.9 Å². The SMILES string of the molecule is CCCCCCC(C)NS(=O)(=O)c1cccc(CO)c1. The van der Waals surface area contributed by atoms with Crippen LogP contribution in [0.5, 0.6) is 0 Å². The molecule has 0 amide bonds. The highest BCUT2D eigenvalue weighted by molar-refractivity contribution is 7.89. The largest absolute Gasteiger partial charge is 0.392 e. The topological polar surface area (TPSA) is 66.4 Å². The molecule has 0 aliphatic rings. The van der Waals surface area contributed by atoms with Gasteiger partial charge >= 0.3 is 0 Å². The quantitative estimate of drug-likeness (QED) is 0.689. The van der Waals surface area contributed by atoms with Crippen LogP contribution in [-0.2, 0) is 16.6 Å². The van der Waals surface area contributed by atoms with Gasteiger partial charge in [0.2, 0.25) is 10.0 Å². The summed E-state index contributed by atoms with van der Waals surface area (Å²) < 4.78 is 27.1. The second-order valence-corrected chi connectivity index (χ2v) is 6.89. The normalized spacial score (nSPS) is 13.3. The Morgan fingerprint density at radius 3 is 2.65 bits per heavy atom. The molecule has 1 rings (SSSR count). The molecule has 2 N–H and O–H groups in total. The smallest absolute Gasteiger partial charge is 0.240 e. The third-order valence-electron chi connectivity index (χ3n) is 3.24. The molecule has 1 aromatic carbocycles. The molecule has 114 valence electrons. The molecule has 4 nitrogen and oxygen atoms in total. The predicted octanol–water partition coefficient (Wildman–Crippen LogP) is 2.82. The number of hydrogen-bond donors (Lipinski definition) is 2. The summed E-state index contributed by atoms with van der Waals surface area (Å²) in [7, 11) is -3.50. The van der Waals surface area contributed by atoms with Crippen molar-refractivity contribution in [3.8, 4) is 0 Å². The van der Waals surface area contributed by atoms with Crippen molar-refractivity contribution in [2.75, 3.05) is 0 Å². The summed E-state index contributed by atoms with van der Waals surface area (Å²) in [5.74, 6) is 0. The van der Waals surface area contributed by atoms with Gasteiger partial charge in [0.15, 0.2) is 0 Å². The summed E-state index contributed by atoms with van der Waals surface area (Å²) in [4.78, 5) is 0.212. The molecule has 5 heteroatoms. The highest BCUT2D eigenvalue weighted by Crippen LogP contribution is 2.13. The fourth-order valence-electron chi connectivity index (χ4n) is 2.08. The van der Waals surface area contributed by atoms with Gasteiger partial charge in [-0.15, -0.1) is 0 Å². The van der Waals surface area contributed by atoms with Crippen molar-refractivity contribution in [1.29, 1.82) is 0 Å². The molecule has 0 bridgehead atoms. The van der Waals surface area contributed by atoms with Crippen molar-refractivity contribution in [1.82, 2.24) is 4.72 Å². The first-order valence-electron chi connectivity index (χ1n) is 7.21. The Hall–Kier alpha value is -0.910. The van der Waals surface area contributed by atoms with Gasteiger partial charge < -0.3 is 5.11 Å². The summed E-state index contributed by atoms with van der Waals surface area (Å²) in [6, 6.07) is 6.33. The summed E-state index contributed by atoms with van der Waals surface area (Å²) in [6.07, 6.45) is 5.39. The first-order valence-corrected chi connectivity index (χ1v) is 8.70. The second-order valence-electron chi connectivity index (χ2n) is 5.18. The van der Waals surface area contributed by atoms with Crippen LogP contribution >= 0.6 is 0 Å². The molecule has 0 aliphatic heterocycles. The minimum Gasteiger partial charge on any atom is -0.392 e. The van der Waals surface area contributed by atoms with Gasteiger partial charge in [0.1, 0.15) is 0 Å². The van der Waals surface area contributed by atoms with Gasteiger partial charge in [-0.2, -0.15) is 0 Å². The van der Waals surface area contributed by atoms with Crippen molar-refractivity contribution in [2.24, 2.45) is 0 Å². The maximum atomic E-state index is 12.2. The zero-order chi connectivity index (χ0) is 15.0. The lowest BCUT2D eigenvalue weighted by Crippen LogP contribution is -2.32. The van der Waals surface area contributed by atoms with Crippen LogP contribution in [0.3, 0.4) is 0 Å². The number of sulfonamides is 1. The highest BCUT2D eigenvalue weighted by atomic mass is 32.2. The molecule has 0 radical (unpaired) electrons. The van der Waals surface area contributed by atoms with E-state index in [1.54, 1.807) is 18.2 Å². The Morgan fingerprint density at radius 1 is 1.25 bits per heavy atom. The number of rotatable bonds is 9. The average molecular weight is 299 g/mol. The van der Waals surface area contributed by atoms with Crippen molar-refractivity contribution in [3.05, 3.63) is 29.8 Å². The van der Waals surface area contributed by atoms with E-state index in [-0.39, 0.29) is 17.5 Å². The lowest BCUT2D eigenvalue weighted by Gasteiger charge is -2.14. The van der Waals surface area contributed by atoms with Crippen molar-refractivity contribution in [2.45, 2.75) is 63.5 Å². The summed E-state index contributed by atoms with van der Waals surface area (Å²) in [5.41, 5.74) is 0.600. The molecule has 0 heterocycles. The maximum Gasteiger partial charge on any atom is 0.240 e. The summed E-state index contributed by atoms with van der Waals surface area (Å²) in [6.45, 7) is 3.88. The Labute approximate surface area is 122 Å². The van der Waals surface area contributed by atoms with Crippen molar-refractivity contribution < 1.29 is 13.5 Å². The summed E-state index contributed by atoms with van der Waals surface area (Å²) >= 11 is 0. The molecule has 0 fully saturated rings.